The first kappa shape index (κ1) is 12.4. The quantitative estimate of drug-likeness (QED) is 0.861. The zero-order valence-electron chi connectivity index (χ0n) is 10.9. The van der Waals surface area contributed by atoms with Crippen LogP contribution in [0.4, 0.5) is 0 Å². The van der Waals surface area contributed by atoms with Crippen molar-refractivity contribution in [2.24, 2.45) is 5.92 Å². The van der Waals surface area contributed by atoms with E-state index in [2.05, 4.69) is 24.4 Å². The number of methoxy groups -OCH3 is 1. The molecule has 1 aliphatic carbocycles. The predicted molar refractivity (Wildman–Crippen MR) is 71.3 cm³/mol. The van der Waals surface area contributed by atoms with Gasteiger partial charge in [0.05, 0.1) is 7.11 Å². The molecule has 2 atom stereocenters. The van der Waals surface area contributed by atoms with Gasteiger partial charge in [0.25, 0.3) is 0 Å². The van der Waals surface area contributed by atoms with Crippen LogP contribution >= 0.6 is 0 Å². The molecule has 0 aliphatic heterocycles. The number of hydrogen-bond donors (Lipinski definition) is 1. The molecule has 1 aromatic carbocycles. The van der Waals surface area contributed by atoms with Crippen LogP contribution in [0.3, 0.4) is 0 Å². The average molecular weight is 233 g/mol. The topological polar surface area (TPSA) is 21.3 Å². The second-order valence-corrected chi connectivity index (χ2v) is 5.10. The largest absolute Gasteiger partial charge is 0.497 e. The molecule has 0 spiro atoms. The highest BCUT2D eigenvalue weighted by atomic mass is 16.5. The van der Waals surface area contributed by atoms with Crippen LogP contribution in [0, 0.1) is 5.92 Å². The summed E-state index contributed by atoms with van der Waals surface area (Å²) in [6.45, 7) is 3.34. The van der Waals surface area contributed by atoms with E-state index < -0.39 is 0 Å². The molecule has 0 saturated heterocycles. The molecule has 0 aromatic heterocycles. The summed E-state index contributed by atoms with van der Waals surface area (Å²) in [7, 11) is 1.71. The highest BCUT2D eigenvalue weighted by molar-refractivity contribution is 5.27. The number of benzene rings is 1. The number of nitrogens with one attached hydrogen (secondary N) is 1. The van der Waals surface area contributed by atoms with Crippen molar-refractivity contribution in [2.45, 2.75) is 45.2 Å². The van der Waals surface area contributed by atoms with Crippen LogP contribution in [-0.4, -0.2) is 13.2 Å². The summed E-state index contributed by atoms with van der Waals surface area (Å²) in [5.41, 5.74) is 1.34. The predicted octanol–water partition coefficient (Wildman–Crippen LogP) is 3.36. The summed E-state index contributed by atoms with van der Waals surface area (Å²) in [5, 5.41) is 3.68. The summed E-state index contributed by atoms with van der Waals surface area (Å²) >= 11 is 0. The highest BCUT2D eigenvalue weighted by Gasteiger charge is 2.20. The zero-order chi connectivity index (χ0) is 12.1. The first-order valence-corrected chi connectivity index (χ1v) is 6.66. The van der Waals surface area contributed by atoms with Gasteiger partial charge in [-0.3, -0.25) is 0 Å². The van der Waals surface area contributed by atoms with Crippen molar-refractivity contribution in [1.29, 1.82) is 0 Å². The van der Waals surface area contributed by atoms with Gasteiger partial charge in [-0.05, 0) is 36.5 Å². The van der Waals surface area contributed by atoms with Crippen LogP contribution in [0.25, 0.3) is 0 Å². The van der Waals surface area contributed by atoms with Gasteiger partial charge in [-0.15, -0.1) is 0 Å². The molecule has 0 bridgehead atoms. The van der Waals surface area contributed by atoms with Gasteiger partial charge in [0, 0.05) is 12.6 Å². The number of rotatable bonds is 4. The molecular formula is C15H23NO. The maximum atomic E-state index is 5.16. The Labute approximate surface area is 104 Å². The van der Waals surface area contributed by atoms with Crippen LogP contribution in [0.2, 0.25) is 0 Å². The van der Waals surface area contributed by atoms with Crippen molar-refractivity contribution < 1.29 is 4.74 Å². The Morgan fingerprint density at radius 2 is 1.88 bits per heavy atom. The van der Waals surface area contributed by atoms with E-state index in [1.54, 1.807) is 7.11 Å². The molecule has 0 unspecified atom stereocenters. The van der Waals surface area contributed by atoms with E-state index in [4.69, 9.17) is 4.74 Å². The minimum Gasteiger partial charge on any atom is -0.497 e. The van der Waals surface area contributed by atoms with Gasteiger partial charge >= 0.3 is 0 Å². The second-order valence-electron chi connectivity index (χ2n) is 5.10. The van der Waals surface area contributed by atoms with Crippen molar-refractivity contribution >= 4 is 0 Å². The lowest BCUT2D eigenvalue weighted by Crippen LogP contribution is -2.36. The lowest BCUT2D eigenvalue weighted by molar-refractivity contribution is 0.279. The van der Waals surface area contributed by atoms with E-state index in [1.165, 1.54) is 31.2 Å². The van der Waals surface area contributed by atoms with Gasteiger partial charge in [0.15, 0.2) is 0 Å². The Hall–Kier alpha value is -1.02. The molecule has 2 nitrogen and oxygen atoms in total. The van der Waals surface area contributed by atoms with Gasteiger partial charge < -0.3 is 10.1 Å². The van der Waals surface area contributed by atoms with E-state index in [1.807, 2.05) is 12.1 Å². The summed E-state index contributed by atoms with van der Waals surface area (Å²) in [6, 6.07) is 9.03. The standard InChI is InChI=1S/C15H23NO/c1-12-5-3-4-6-15(12)16-11-13-7-9-14(17-2)10-8-13/h7-10,12,15-16H,3-6,11H2,1-2H3/t12-,15+/m0/s1. The molecule has 1 saturated carbocycles. The lowest BCUT2D eigenvalue weighted by Gasteiger charge is -2.29. The van der Waals surface area contributed by atoms with Gasteiger partial charge in [0.2, 0.25) is 0 Å². The summed E-state index contributed by atoms with van der Waals surface area (Å²) in [5.74, 6) is 1.75. The van der Waals surface area contributed by atoms with E-state index >= 15 is 0 Å². The molecule has 1 aliphatic rings. The third-order valence-corrected chi connectivity index (χ3v) is 3.84. The first-order chi connectivity index (χ1) is 8.29. The fraction of sp³-hybridized carbons (Fsp3) is 0.600. The molecule has 0 amide bonds. The van der Waals surface area contributed by atoms with Crippen LogP contribution < -0.4 is 10.1 Å². The molecule has 0 heterocycles. The molecule has 0 radical (unpaired) electrons. The number of hydrogen-bond acceptors (Lipinski definition) is 2. The van der Waals surface area contributed by atoms with Crippen LogP contribution in [0.5, 0.6) is 5.75 Å². The fourth-order valence-electron chi connectivity index (χ4n) is 2.61. The van der Waals surface area contributed by atoms with Gasteiger partial charge in [-0.1, -0.05) is 31.9 Å². The SMILES string of the molecule is COc1ccc(CN[C@@H]2CCCC[C@@H]2C)cc1. The highest BCUT2D eigenvalue weighted by Crippen LogP contribution is 2.24. The Morgan fingerprint density at radius 3 is 2.53 bits per heavy atom. The maximum Gasteiger partial charge on any atom is 0.118 e. The molecule has 1 N–H and O–H groups in total. The summed E-state index contributed by atoms with van der Waals surface area (Å²) in [4.78, 5) is 0. The van der Waals surface area contributed by atoms with Crippen LogP contribution in [0.1, 0.15) is 38.2 Å². The Bertz CT molecular complexity index is 333. The van der Waals surface area contributed by atoms with Crippen molar-refractivity contribution in [2.75, 3.05) is 7.11 Å². The summed E-state index contributed by atoms with van der Waals surface area (Å²) in [6.07, 6.45) is 5.49. The monoisotopic (exact) mass is 233 g/mol. The molecule has 1 fully saturated rings. The van der Waals surface area contributed by atoms with Gasteiger partial charge in [0.1, 0.15) is 5.75 Å². The van der Waals surface area contributed by atoms with Crippen molar-refractivity contribution in [1.82, 2.24) is 5.32 Å². The van der Waals surface area contributed by atoms with Crippen LogP contribution in [-0.2, 0) is 6.54 Å². The lowest BCUT2D eigenvalue weighted by atomic mass is 9.86. The van der Waals surface area contributed by atoms with Crippen molar-refractivity contribution in [3.05, 3.63) is 29.8 Å². The molecule has 1 aromatic rings. The molecule has 2 rings (SSSR count). The average Bonchev–Trinajstić information content (AvgIpc) is 2.38. The van der Waals surface area contributed by atoms with Gasteiger partial charge in [-0.25, -0.2) is 0 Å². The van der Waals surface area contributed by atoms with E-state index in [9.17, 15) is 0 Å². The first-order valence-electron chi connectivity index (χ1n) is 6.66. The minimum absolute atomic E-state index is 0.700. The molecular weight excluding hydrogens is 210 g/mol. The third kappa shape index (κ3) is 3.47. The van der Waals surface area contributed by atoms with E-state index in [0.717, 1.165) is 18.2 Å². The van der Waals surface area contributed by atoms with Gasteiger partial charge in [-0.2, -0.15) is 0 Å². The minimum atomic E-state index is 0.700. The Balaban J connectivity index is 1.84. The smallest absolute Gasteiger partial charge is 0.118 e. The Morgan fingerprint density at radius 1 is 1.18 bits per heavy atom. The maximum absolute atomic E-state index is 5.16. The van der Waals surface area contributed by atoms with Crippen molar-refractivity contribution in [3.63, 3.8) is 0 Å². The number of ether oxygens (including phenoxy) is 1. The summed E-state index contributed by atoms with van der Waals surface area (Å²) < 4.78 is 5.16. The third-order valence-electron chi connectivity index (χ3n) is 3.84. The molecule has 2 heteroatoms. The molecule has 94 valence electrons. The van der Waals surface area contributed by atoms with E-state index in [0.29, 0.717) is 6.04 Å². The van der Waals surface area contributed by atoms with Crippen molar-refractivity contribution in [3.8, 4) is 5.75 Å². The van der Waals surface area contributed by atoms with E-state index in [-0.39, 0.29) is 0 Å². The van der Waals surface area contributed by atoms with Crippen LogP contribution in [0.15, 0.2) is 24.3 Å². The normalized spacial score (nSPS) is 24.6. The molecule has 17 heavy (non-hydrogen) atoms. The Kier molecular flexibility index (Phi) is 4.43. The zero-order valence-corrected chi connectivity index (χ0v) is 10.9. The fourth-order valence-corrected chi connectivity index (χ4v) is 2.61. The second kappa shape index (κ2) is 6.06.